The molecule has 14 heteroatoms. The minimum atomic E-state index is -1.79. The van der Waals surface area contributed by atoms with Gasteiger partial charge in [0.15, 0.2) is 24.1 Å². The smallest absolute Gasteiger partial charge is 0.407 e. The van der Waals surface area contributed by atoms with Gasteiger partial charge >= 0.3 is 24.0 Å². The minimum Gasteiger partial charge on any atom is -0.456 e. The van der Waals surface area contributed by atoms with Crippen LogP contribution in [-0.2, 0) is 47.5 Å². The lowest BCUT2D eigenvalue weighted by Gasteiger charge is -2.71. The zero-order valence-corrected chi connectivity index (χ0v) is 33.8. The first-order chi connectivity index (χ1) is 24.8. The van der Waals surface area contributed by atoms with Crippen LogP contribution in [0.25, 0.3) is 0 Å². The number of esters is 3. The fraction of sp³-hybridized carbons (Fsp3) is 0.800. The Balaban J connectivity index is 1.65. The average molecular weight is 764 g/mol. The monoisotopic (exact) mass is 763 g/mol. The molecule has 0 spiro atoms. The van der Waals surface area contributed by atoms with Crippen LogP contribution in [0.15, 0.2) is 23.8 Å². The molecular formula is C40H61NO13. The predicted octanol–water partition coefficient (Wildman–Crippen LogP) is 4.28. The number of hydrogen-bond acceptors (Lipinski definition) is 13. The maximum Gasteiger partial charge on any atom is 0.407 e. The summed E-state index contributed by atoms with van der Waals surface area (Å²) in [5.74, 6) is -3.55. The van der Waals surface area contributed by atoms with Gasteiger partial charge in [-0.05, 0) is 63.2 Å². The topological polar surface area (TPSA) is 185 Å². The third-order valence-electron chi connectivity index (χ3n) is 12.7. The molecule has 14 nitrogen and oxygen atoms in total. The van der Waals surface area contributed by atoms with Gasteiger partial charge in [0.1, 0.15) is 23.9 Å². The molecule has 2 saturated heterocycles. The first-order valence-corrected chi connectivity index (χ1v) is 19.1. The maximum absolute atomic E-state index is 14.0. The number of alkyl carbamates (subject to hydrolysis) is 1. The van der Waals surface area contributed by atoms with Crippen molar-refractivity contribution >= 4 is 24.0 Å². The van der Waals surface area contributed by atoms with E-state index in [1.165, 1.54) is 19.9 Å². The standard InChI is InChI=1S/C40H61NO13/c1-14-28-51-26-16-27-39(18-48-27,53-23(7)43)32-21(5)40(47)17-25(50-34(45)30(44)24(15-19(2)3)41-35(46)54-36(8,9)10)20(4)29(37(40,11)12)31(49-22(6)42)33(52-28)38(26,32)13/h14,19,21,24-28,30-33,44,47H,1,15-18H2,2-13H3,(H,41,46)/t21-,24-,25-,26-,27+,28+,30+,31-,32-,33-,38+,39-,40+/m0/s1. The molecule has 5 rings (SSSR count). The summed E-state index contributed by atoms with van der Waals surface area (Å²) in [5, 5.41) is 27.4. The number of amides is 1. The molecule has 0 radical (unpaired) electrons. The van der Waals surface area contributed by atoms with E-state index in [0.29, 0.717) is 17.6 Å². The van der Waals surface area contributed by atoms with E-state index in [1.54, 1.807) is 27.7 Å². The van der Waals surface area contributed by atoms with Gasteiger partial charge in [-0.3, -0.25) is 9.59 Å². The normalized spacial score (nSPS) is 39.2. The summed E-state index contributed by atoms with van der Waals surface area (Å²) in [7, 11) is 0. The van der Waals surface area contributed by atoms with Crippen LogP contribution < -0.4 is 5.32 Å². The molecule has 13 atom stereocenters. The summed E-state index contributed by atoms with van der Waals surface area (Å²) in [6.45, 7) is 24.8. The zero-order valence-electron chi connectivity index (χ0n) is 33.8. The zero-order chi connectivity index (χ0) is 40.5. The van der Waals surface area contributed by atoms with Crippen LogP contribution in [0.5, 0.6) is 0 Å². The van der Waals surface area contributed by atoms with E-state index in [1.807, 2.05) is 41.5 Å². The van der Waals surface area contributed by atoms with Crippen molar-refractivity contribution in [3.05, 3.63) is 23.8 Å². The Hall–Kier alpha value is -3.04. The molecule has 3 aliphatic carbocycles. The highest BCUT2D eigenvalue weighted by molar-refractivity contribution is 5.77. The van der Waals surface area contributed by atoms with Gasteiger partial charge in [0.05, 0.1) is 24.4 Å². The number of nitrogens with one attached hydrogen (secondary N) is 1. The van der Waals surface area contributed by atoms with E-state index < -0.39 is 112 Å². The van der Waals surface area contributed by atoms with Gasteiger partial charge in [-0.1, -0.05) is 48.1 Å². The fourth-order valence-electron chi connectivity index (χ4n) is 10.4. The van der Waals surface area contributed by atoms with Crippen LogP contribution in [0.3, 0.4) is 0 Å². The van der Waals surface area contributed by atoms with E-state index >= 15 is 0 Å². The first-order valence-electron chi connectivity index (χ1n) is 19.1. The summed E-state index contributed by atoms with van der Waals surface area (Å²) >= 11 is 0. The van der Waals surface area contributed by atoms with E-state index in [4.69, 9.17) is 33.2 Å². The van der Waals surface area contributed by atoms with Gasteiger partial charge < -0.3 is 48.7 Å². The lowest BCUT2D eigenvalue weighted by molar-refractivity contribution is -0.401. The minimum absolute atomic E-state index is 0.0271. The summed E-state index contributed by atoms with van der Waals surface area (Å²) in [6, 6.07) is -1.05. The molecule has 1 amide bonds. The number of carbonyl (C=O) groups is 4. The molecule has 5 aliphatic rings. The van der Waals surface area contributed by atoms with Crippen molar-refractivity contribution in [2.24, 2.45) is 28.6 Å². The molecule has 2 aliphatic heterocycles. The SMILES string of the molecule is C=C[C@@H]1O[C@H]2C[C@H]3OC[C@@]3(OC(C)=O)[C@H]3[C@H](C)[C@]4(O)C[C@H](OC(=O)[C@H](O)[C@H](CC(C)C)NC(=O)OC(C)(C)C)C(C)=C([C@H](OC(C)=O)[C@H](O1)[C@]23C)C4(C)C. The molecular weight excluding hydrogens is 702 g/mol. The van der Waals surface area contributed by atoms with Gasteiger partial charge in [0.2, 0.25) is 0 Å². The summed E-state index contributed by atoms with van der Waals surface area (Å²) in [5.41, 5.74) is -4.87. The van der Waals surface area contributed by atoms with Crippen LogP contribution in [0.1, 0.15) is 102 Å². The van der Waals surface area contributed by atoms with Crippen molar-refractivity contribution < 1.29 is 62.5 Å². The van der Waals surface area contributed by atoms with Crippen molar-refractivity contribution in [3.63, 3.8) is 0 Å². The number of hydrogen-bond donors (Lipinski definition) is 3. The summed E-state index contributed by atoms with van der Waals surface area (Å²) < 4.78 is 43.3. The van der Waals surface area contributed by atoms with Gasteiger partial charge in [-0.2, -0.15) is 0 Å². The second-order valence-corrected chi connectivity index (χ2v) is 18.1. The van der Waals surface area contributed by atoms with Crippen molar-refractivity contribution in [2.45, 2.75) is 168 Å². The Morgan fingerprint density at radius 3 is 2.22 bits per heavy atom. The second-order valence-electron chi connectivity index (χ2n) is 18.1. The number of aliphatic hydroxyl groups excluding tert-OH is 1. The van der Waals surface area contributed by atoms with Crippen LogP contribution >= 0.6 is 0 Å². The molecule has 2 saturated carbocycles. The van der Waals surface area contributed by atoms with Crippen molar-refractivity contribution in [2.75, 3.05) is 6.61 Å². The van der Waals surface area contributed by atoms with E-state index in [-0.39, 0.29) is 25.4 Å². The molecule has 2 heterocycles. The predicted molar refractivity (Wildman–Crippen MR) is 193 cm³/mol. The lowest BCUT2D eigenvalue weighted by atomic mass is 9.42. The van der Waals surface area contributed by atoms with E-state index in [0.717, 1.165) is 0 Å². The largest absolute Gasteiger partial charge is 0.456 e. The van der Waals surface area contributed by atoms with Crippen LogP contribution in [-0.4, -0.2) is 107 Å². The highest BCUT2D eigenvalue weighted by Gasteiger charge is 2.77. The average Bonchev–Trinajstić information content (AvgIpc) is 3.02. The van der Waals surface area contributed by atoms with Gasteiger partial charge in [-0.15, -0.1) is 0 Å². The Labute approximate surface area is 318 Å². The molecule has 0 unspecified atom stereocenters. The van der Waals surface area contributed by atoms with Crippen LogP contribution in [0, 0.1) is 28.6 Å². The van der Waals surface area contributed by atoms with Gasteiger partial charge in [-0.25, -0.2) is 9.59 Å². The molecule has 3 N–H and O–H groups in total. The third kappa shape index (κ3) is 6.99. The molecule has 0 aromatic heterocycles. The summed E-state index contributed by atoms with van der Waals surface area (Å²) in [6.07, 6.45) is -5.76. The number of aliphatic hydroxyl groups is 2. The molecule has 4 fully saturated rings. The fourth-order valence-corrected chi connectivity index (χ4v) is 10.4. The van der Waals surface area contributed by atoms with Gasteiger partial charge in [0, 0.05) is 43.4 Å². The van der Waals surface area contributed by atoms with Crippen molar-refractivity contribution in [3.8, 4) is 0 Å². The molecule has 304 valence electrons. The van der Waals surface area contributed by atoms with Crippen molar-refractivity contribution in [1.29, 1.82) is 0 Å². The Morgan fingerprint density at radius 1 is 1.06 bits per heavy atom. The summed E-state index contributed by atoms with van der Waals surface area (Å²) in [4.78, 5) is 52.6. The van der Waals surface area contributed by atoms with Crippen LogP contribution in [0.2, 0.25) is 0 Å². The number of ether oxygens (including phenoxy) is 7. The van der Waals surface area contributed by atoms with Crippen LogP contribution in [0.4, 0.5) is 4.79 Å². The number of fused-ring (bicyclic) bond motifs is 4. The molecule has 2 bridgehead atoms. The van der Waals surface area contributed by atoms with Gasteiger partial charge in [0.25, 0.3) is 0 Å². The number of rotatable bonds is 9. The third-order valence-corrected chi connectivity index (χ3v) is 12.7. The second kappa shape index (κ2) is 14.5. The first kappa shape index (κ1) is 42.1. The maximum atomic E-state index is 14.0. The quantitative estimate of drug-likeness (QED) is 0.172. The van der Waals surface area contributed by atoms with E-state index in [9.17, 15) is 29.4 Å². The molecule has 0 aromatic rings. The Kier molecular flexibility index (Phi) is 11.3. The van der Waals surface area contributed by atoms with Crippen molar-refractivity contribution in [1.82, 2.24) is 5.32 Å². The molecule has 54 heavy (non-hydrogen) atoms. The van der Waals surface area contributed by atoms with E-state index in [2.05, 4.69) is 11.9 Å². The lowest BCUT2D eigenvalue weighted by Crippen LogP contribution is -2.82. The Morgan fingerprint density at radius 2 is 1.70 bits per heavy atom. The highest BCUT2D eigenvalue weighted by Crippen LogP contribution is 2.68. The molecule has 0 aromatic carbocycles. The Bertz CT molecular complexity index is 1550. The highest BCUT2D eigenvalue weighted by atomic mass is 16.7. The number of carbonyl (C=O) groups excluding carboxylic acids is 4.